The highest BCUT2D eigenvalue weighted by Crippen LogP contribution is 2.42. The molecule has 4 aromatic rings. The van der Waals surface area contributed by atoms with E-state index in [1.807, 2.05) is 26.0 Å². The Balaban J connectivity index is 1.50. The predicted octanol–water partition coefficient (Wildman–Crippen LogP) is 4.87. The minimum Gasteiger partial charge on any atom is -0.439 e. The Morgan fingerprint density at radius 2 is 2.00 bits per heavy atom. The minimum absolute atomic E-state index is 0.160. The molecule has 0 aliphatic carbocycles. The number of benzene rings is 1. The van der Waals surface area contributed by atoms with E-state index in [1.165, 1.54) is 7.11 Å². The first-order valence-electron chi connectivity index (χ1n) is 11.4. The first-order valence-corrected chi connectivity index (χ1v) is 11.8. The van der Waals surface area contributed by atoms with Crippen molar-refractivity contribution in [1.29, 1.82) is 0 Å². The highest BCUT2D eigenvalue weighted by molar-refractivity contribution is 6.31. The number of anilines is 2. The standard InChI is InChI=1S/C26H26ClN5O4/c1-13-7-14(2)30-20(8-13)36-15-5-6-16(18(27)9-15)23(33)17-10-28-24-21(17)22-19(11-29-24)31-25(34)26(3,32-22)12-35-4/h5-11,23,32-33H,12H2,1-4H3,(H,28,29)(H,31,34)/t23?,26-/m0/s1. The van der Waals surface area contributed by atoms with Crippen LogP contribution in [0.1, 0.15) is 35.4 Å². The number of nitrogens with zero attached hydrogens (tertiary/aromatic N) is 2. The molecular weight excluding hydrogens is 482 g/mol. The normalized spacial score (nSPS) is 17.9. The highest BCUT2D eigenvalue weighted by Gasteiger charge is 2.39. The molecule has 1 aliphatic rings. The maximum Gasteiger partial charge on any atom is 0.252 e. The summed E-state index contributed by atoms with van der Waals surface area (Å²) in [6.45, 7) is 5.79. The Kier molecular flexibility index (Phi) is 6.07. The van der Waals surface area contributed by atoms with Crippen LogP contribution in [0.2, 0.25) is 5.02 Å². The van der Waals surface area contributed by atoms with E-state index in [9.17, 15) is 9.90 Å². The second-order valence-electron chi connectivity index (χ2n) is 9.17. The number of halogens is 1. The molecule has 3 aromatic heterocycles. The molecule has 0 saturated heterocycles. The molecule has 10 heteroatoms. The molecule has 5 rings (SSSR count). The molecule has 1 aromatic carbocycles. The summed E-state index contributed by atoms with van der Waals surface area (Å²) in [4.78, 5) is 24.6. The first-order chi connectivity index (χ1) is 17.2. The molecule has 36 heavy (non-hydrogen) atoms. The third-order valence-electron chi connectivity index (χ3n) is 6.17. The number of aromatic nitrogens is 3. The molecule has 4 N–H and O–H groups in total. The Bertz CT molecular complexity index is 1470. The van der Waals surface area contributed by atoms with Gasteiger partial charge in [0, 0.05) is 36.2 Å². The van der Waals surface area contributed by atoms with E-state index >= 15 is 0 Å². The van der Waals surface area contributed by atoms with Crippen LogP contribution in [0.5, 0.6) is 11.6 Å². The number of pyridine rings is 2. The number of hydrogen-bond donors (Lipinski definition) is 4. The fraction of sp³-hybridized carbons (Fsp3) is 0.269. The zero-order valence-electron chi connectivity index (χ0n) is 20.3. The zero-order valence-corrected chi connectivity index (χ0v) is 21.0. The molecule has 0 fully saturated rings. The summed E-state index contributed by atoms with van der Waals surface area (Å²) in [7, 11) is 1.54. The summed E-state index contributed by atoms with van der Waals surface area (Å²) in [5, 5.41) is 18.5. The molecule has 1 aliphatic heterocycles. The maximum absolute atomic E-state index is 12.7. The number of methoxy groups -OCH3 is 1. The molecule has 186 valence electrons. The van der Waals surface area contributed by atoms with Crippen LogP contribution in [0.15, 0.2) is 42.7 Å². The Labute approximate surface area is 212 Å². The Hall–Kier alpha value is -3.66. The maximum atomic E-state index is 12.7. The van der Waals surface area contributed by atoms with Crippen molar-refractivity contribution in [2.75, 3.05) is 24.4 Å². The van der Waals surface area contributed by atoms with E-state index in [0.29, 0.717) is 50.2 Å². The number of ether oxygens (including phenoxy) is 2. The number of aryl methyl sites for hydroxylation is 2. The number of rotatable bonds is 6. The fourth-order valence-electron chi connectivity index (χ4n) is 4.48. The van der Waals surface area contributed by atoms with Gasteiger partial charge in [0.25, 0.3) is 5.91 Å². The monoisotopic (exact) mass is 507 g/mol. The van der Waals surface area contributed by atoms with Crippen molar-refractivity contribution in [2.24, 2.45) is 0 Å². The van der Waals surface area contributed by atoms with Crippen molar-refractivity contribution >= 4 is 39.9 Å². The van der Waals surface area contributed by atoms with Gasteiger partial charge in [-0.1, -0.05) is 17.7 Å². The van der Waals surface area contributed by atoms with Crippen molar-refractivity contribution in [3.05, 3.63) is 70.1 Å². The molecule has 1 unspecified atom stereocenters. The molecule has 4 heterocycles. The van der Waals surface area contributed by atoms with Crippen LogP contribution in [-0.2, 0) is 9.53 Å². The molecule has 0 saturated carbocycles. The Morgan fingerprint density at radius 3 is 2.72 bits per heavy atom. The quantitative estimate of drug-likeness (QED) is 0.293. The number of fused-ring (bicyclic) bond motifs is 3. The predicted molar refractivity (Wildman–Crippen MR) is 138 cm³/mol. The van der Waals surface area contributed by atoms with Gasteiger partial charge >= 0.3 is 0 Å². The van der Waals surface area contributed by atoms with Crippen LogP contribution < -0.4 is 15.4 Å². The smallest absolute Gasteiger partial charge is 0.252 e. The van der Waals surface area contributed by atoms with Crippen molar-refractivity contribution in [1.82, 2.24) is 15.0 Å². The number of aliphatic hydroxyl groups is 1. The van der Waals surface area contributed by atoms with Gasteiger partial charge in [-0.3, -0.25) is 4.79 Å². The summed E-state index contributed by atoms with van der Waals surface area (Å²) in [6.07, 6.45) is 2.19. The topological polar surface area (TPSA) is 121 Å². The van der Waals surface area contributed by atoms with Gasteiger partial charge < -0.3 is 30.2 Å². The summed E-state index contributed by atoms with van der Waals surface area (Å²) in [5.74, 6) is 0.747. The minimum atomic E-state index is -1.07. The highest BCUT2D eigenvalue weighted by atomic mass is 35.5. The number of nitrogens with one attached hydrogen (secondary N) is 3. The molecule has 1 amide bonds. The number of aliphatic hydroxyl groups excluding tert-OH is 1. The summed E-state index contributed by atoms with van der Waals surface area (Å²) in [6, 6.07) is 8.91. The molecular formula is C26H26ClN5O4. The lowest BCUT2D eigenvalue weighted by atomic mass is 9.95. The van der Waals surface area contributed by atoms with E-state index in [1.54, 1.807) is 37.5 Å². The van der Waals surface area contributed by atoms with Crippen LogP contribution in [0.4, 0.5) is 11.4 Å². The molecule has 0 spiro atoms. The van der Waals surface area contributed by atoms with Crippen LogP contribution in [0.3, 0.4) is 0 Å². The molecule has 0 bridgehead atoms. The fourth-order valence-corrected chi connectivity index (χ4v) is 4.76. The number of amides is 1. The van der Waals surface area contributed by atoms with E-state index in [2.05, 4.69) is 25.6 Å². The first kappa shape index (κ1) is 24.1. The molecule has 9 nitrogen and oxygen atoms in total. The van der Waals surface area contributed by atoms with Gasteiger partial charge in [0.2, 0.25) is 5.88 Å². The molecule has 0 radical (unpaired) electrons. The lowest BCUT2D eigenvalue weighted by molar-refractivity contribution is -0.121. The van der Waals surface area contributed by atoms with Gasteiger partial charge in [-0.25, -0.2) is 9.97 Å². The van der Waals surface area contributed by atoms with E-state index in [4.69, 9.17) is 21.1 Å². The number of hydrogen-bond acceptors (Lipinski definition) is 7. The van der Waals surface area contributed by atoms with Crippen molar-refractivity contribution < 1.29 is 19.4 Å². The van der Waals surface area contributed by atoms with E-state index in [-0.39, 0.29) is 12.5 Å². The number of carbonyl (C=O) groups is 1. The summed E-state index contributed by atoms with van der Waals surface area (Å²) in [5.41, 5.74) is 3.68. The lowest BCUT2D eigenvalue weighted by Crippen LogP contribution is -2.53. The largest absolute Gasteiger partial charge is 0.439 e. The van der Waals surface area contributed by atoms with Gasteiger partial charge in [0.15, 0.2) is 0 Å². The Morgan fingerprint density at radius 1 is 1.19 bits per heavy atom. The third-order valence-corrected chi connectivity index (χ3v) is 6.50. The molecule has 2 atom stereocenters. The number of carbonyl (C=O) groups excluding carboxylic acids is 1. The number of H-pyrrole nitrogens is 1. The number of aromatic amines is 1. The van der Waals surface area contributed by atoms with Crippen molar-refractivity contribution in [3.8, 4) is 11.6 Å². The zero-order chi connectivity index (χ0) is 25.6. The van der Waals surface area contributed by atoms with Crippen LogP contribution >= 0.6 is 11.6 Å². The van der Waals surface area contributed by atoms with Gasteiger partial charge in [0.1, 0.15) is 23.0 Å². The summed E-state index contributed by atoms with van der Waals surface area (Å²) < 4.78 is 11.2. The third kappa shape index (κ3) is 4.26. The lowest BCUT2D eigenvalue weighted by Gasteiger charge is -2.35. The second-order valence-corrected chi connectivity index (χ2v) is 9.58. The summed E-state index contributed by atoms with van der Waals surface area (Å²) >= 11 is 6.59. The SMILES string of the molecule is COC[C@]1(C)Nc2c(cnc3[nH]cc(C(O)c4ccc(Oc5cc(C)cc(C)n5)cc4Cl)c23)NC1=O. The van der Waals surface area contributed by atoms with E-state index < -0.39 is 11.6 Å². The second kappa shape index (κ2) is 9.09. The van der Waals surface area contributed by atoms with Crippen LogP contribution in [-0.4, -0.2) is 45.2 Å². The van der Waals surface area contributed by atoms with Crippen LogP contribution in [0.25, 0.3) is 11.0 Å². The van der Waals surface area contributed by atoms with Gasteiger partial charge in [0.05, 0.1) is 34.6 Å². The average Bonchev–Trinajstić information content (AvgIpc) is 3.24. The van der Waals surface area contributed by atoms with Gasteiger partial charge in [-0.15, -0.1) is 0 Å². The van der Waals surface area contributed by atoms with Crippen LogP contribution in [0, 0.1) is 13.8 Å². The van der Waals surface area contributed by atoms with E-state index in [0.717, 1.165) is 11.3 Å². The average molecular weight is 508 g/mol. The van der Waals surface area contributed by atoms with Gasteiger partial charge in [-0.05, 0) is 44.5 Å². The van der Waals surface area contributed by atoms with Crippen molar-refractivity contribution in [3.63, 3.8) is 0 Å². The van der Waals surface area contributed by atoms with Crippen molar-refractivity contribution in [2.45, 2.75) is 32.4 Å². The van der Waals surface area contributed by atoms with Gasteiger partial charge in [-0.2, -0.15) is 0 Å².